The topological polar surface area (TPSA) is 22.3 Å². The zero-order valence-corrected chi connectivity index (χ0v) is 17.0. The molecule has 0 aliphatic carbocycles. The highest BCUT2D eigenvalue weighted by Gasteiger charge is 2.27. The summed E-state index contributed by atoms with van der Waals surface area (Å²) in [6.07, 6.45) is 6.34. The van der Waals surface area contributed by atoms with Crippen molar-refractivity contribution in [3.05, 3.63) is 59.9 Å². The van der Waals surface area contributed by atoms with Gasteiger partial charge in [-0.05, 0) is 75.5 Å². The summed E-state index contributed by atoms with van der Waals surface area (Å²) in [5.41, 5.74) is 4.46. The van der Waals surface area contributed by atoms with Gasteiger partial charge in [-0.2, -0.15) is 0 Å². The van der Waals surface area contributed by atoms with Crippen LogP contribution in [0.1, 0.15) is 31.2 Å². The summed E-state index contributed by atoms with van der Waals surface area (Å²) in [7, 11) is 0. The summed E-state index contributed by atoms with van der Waals surface area (Å²) in [5, 5.41) is 1.27. The number of nitrogens with one attached hydrogen (secondary N) is 1. The lowest BCUT2D eigenvalue weighted by atomic mass is 10.0. The summed E-state index contributed by atoms with van der Waals surface area (Å²) >= 11 is 0. The summed E-state index contributed by atoms with van der Waals surface area (Å²) in [4.78, 5) is 8.90. The van der Waals surface area contributed by atoms with Crippen molar-refractivity contribution >= 4 is 10.9 Å². The first-order chi connectivity index (χ1) is 14.3. The monoisotopic (exact) mass is 391 g/mol. The molecule has 4 heteroatoms. The van der Waals surface area contributed by atoms with Crippen LogP contribution >= 0.6 is 0 Å². The Kier molecular flexibility index (Phi) is 5.38. The minimum Gasteiger partial charge on any atom is -0.354 e. The molecule has 3 heterocycles. The van der Waals surface area contributed by atoms with Gasteiger partial charge in [0.05, 0.1) is 0 Å². The third kappa shape index (κ3) is 3.96. The van der Waals surface area contributed by atoms with Crippen LogP contribution < -0.4 is 0 Å². The molecular weight excluding hydrogens is 361 g/mol. The molecule has 1 unspecified atom stereocenters. The second-order valence-electron chi connectivity index (χ2n) is 8.62. The largest absolute Gasteiger partial charge is 0.354 e. The van der Waals surface area contributed by atoms with Gasteiger partial charge in [0.15, 0.2) is 0 Å². The number of likely N-dealkylation sites (tertiary alicyclic amines) is 2. The minimum atomic E-state index is -0.183. The van der Waals surface area contributed by atoms with Crippen molar-refractivity contribution < 1.29 is 4.39 Å². The second-order valence-corrected chi connectivity index (χ2v) is 8.62. The summed E-state index contributed by atoms with van der Waals surface area (Å²) in [6, 6.07) is 16.1. The molecule has 1 atom stereocenters. The van der Waals surface area contributed by atoms with Crippen LogP contribution in [-0.2, 0) is 6.42 Å². The standard InChI is InChI=1S/C25H30FN3/c26-20-8-5-7-19(17-20)25-23(22-10-1-2-11-24(22)27-25)12-16-29-15-6-9-21(29)18-28-13-3-4-14-28/h1-2,5,7-8,10-11,17,21,27H,3-4,6,9,12-16,18H2. The van der Waals surface area contributed by atoms with Crippen LogP contribution in [0.25, 0.3) is 22.2 Å². The number of hydrogen-bond acceptors (Lipinski definition) is 2. The smallest absolute Gasteiger partial charge is 0.123 e. The van der Waals surface area contributed by atoms with Gasteiger partial charge < -0.3 is 9.88 Å². The van der Waals surface area contributed by atoms with Crippen LogP contribution in [0, 0.1) is 5.82 Å². The van der Waals surface area contributed by atoms with Gasteiger partial charge in [0.2, 0.25) is 0 Å². The van der Waals surface area contributed by atoms with Gasteiger partial charge in [-0.15, -0.1) is 0 Å². The normalized spacial score (nSPS) is 20.8. The number of rotatable bonds is 6. The highest BCUT2D eigenvalue weighted by Crippen LogP contribution is 2.32. The first kappa shape index (κ1) is 18.8. The van der Waals surface area contributed by atoms with E-state index in [1.807, 2.05) is 6.07 Å². The molecule has 2 aromatic carbocycles. The average molecular weight is 392 g/mol. The molecule has 1 aromatic heterocycles. The predicted molar refractivity (Wildman–Crippen MR) is 118 cm³/mol. The zero-order valence-electron chi connectivity index (χ0n) is 17.0. The molecule has 3 nitrogen and oxygen atoms in total. The Hall–Kier alpha value is -2.17. The lowest BCUT2D eigenvalue weighted by Crippen LogP contribution is -2.40. The van der Waals surface area contributed by atoms with E-state index in [2.05, 4.69) is 39.0 Å². The summed E-state index contributed by atoms with van der Waals surface area (Å²) in [5.74, 6) is -0.183. The molecule has 0 amide bonds. The third-order valence-electron chi connectivity index (χ3n) is 6.74. The molecule has 5 rings (SSSR count). The molecule has 2 aliphatic heterocycles. The van der Waals surface area contributed by atoms with E-state index in [0.717, 1.165) is 29.7 Å². The van der Waals surface area contributed by atoms with E-state index in [-0.39, 0.29) is 5.82 Å². The Labute approximate surface area is 172 Å². The Bertz CT molecular complexity index is 973. The van der Waals surface area contributed by atoms with Crippen molar-refractivity contribution in [3.8, 4) is 11.3 Å². The van der Waals surface area contributed by atoms with Crippen molar-refractivity contribution in [3.63, 3.8) is 0 Å². The van der Waals surface area contributed by atoms with Gasteiger partial charge in [0, 0.05) is 41.3 Å². The second kappa shape index (κ2) is 8.29. The van der Waals surface area contributed by atoms with E-state index < -0.39 is 0 Å². The molecule has 1 N–H and O–H groups in total. The van der Waals surface area contributed by atoms with Gasteiger partial charge in [-0.25, -0.2) is 4.39 Å². The van der Waals surface area contributed by atoms with Crippen LogP contribution in [-0.4, -0.2) is 53.5 Å². The SMILES string of the molecule is Fc1cccc(-c2[nH]c3ccccc3c2CCN2CCCC2CN2CCCC2)c1. The minimum absolute atomic E-state index is 0.183. The molecule has 0 bridgehead atoms. The predicted octanol–water partition coefficient (Wildman–Crippen LogP) is 5.08. The van der Waals surface area contributed by atoms with Crippen LogP contribution in [0.2, 0.25) is 0 Å². The van der Waals surface area contributed by atoms with E-state index >= 15 is 0 Å². The van der Waals surface area contributed by atoms with Gasteiger partial charge in [0.25, 0.3) is 0 Å². The lowest BCUT2D eigenvalue weighted by Gasteiger charge is -2.28. The maximum atomic E-state index is 13.9. The Morgan fingerprint density at radius 3 is 2.69 bits per heavy atom. The molecular formula is C25H30FN3. The molecule has 3 aromatic rings. The number of benzene rings is 2. The maximum Gasteiger partial charge on any atom is 0.123 e. The Morgan fingerprint density at radius 1 is 0.966 bits per heavy atom. The average Bonchev–Trinajstić information content (AvgIpc) is 3.47. The highest BCUT2D eigenvalue weighted by molar-refractivity contribution is 5.90. The molecule has 0 radical (unpaired) electrons. The van der Waals surface area contributed by atoms with Crippen molar-refractivity contribution in [1.82, 2.24) is 14.8 Å². The van der Waals surface area contributed by atoms with Crippen molar-refractivity contribution in [2.24, 2.45) is 0 Å². The highest BCUT2D eigenvalue weighted by atomic mass is 19.1. The van der Waals surface area contributed by atoms with Crippen LogP contribution in [0.4, 0.5) is 4.39 Å². The van der Waals surface area contributed by atoms with Gasteiger partial charge in [0.1, 0.15) is 5.82 Å². The van der Waals surface area contributed by atoms with E-state index in [1.54, 1.807) is 12.1 Å². The molecule has 152 valence electrons. The number of H-pyrrole nitrogens is 1. The third-order valence-corrected chi connectivity index (χ3v) is 6.74. The number of aromatic amines is 1. The Morgan fingerprint density at radius 2 is 1.83 bits per heavy atom. The van der Waals surface area contributed by atoms with E-state index in [0.29, 0.717) is 6.04 Å². The fraction of sp³-hybridized carbons (Fsp3) is 0.440. The van der Waals surface area contributed by atoms with Crippen molar-refractivity contribution in [1.29, 1.82) is 0 Å². The van der Waals surface area contributed by atoms with Gasteiger partial charge >= 0.3 is 0 Å². The van der Waals surface area contributed by atoms with Gasteiger partial charge in [-0.1, -0.05) is 30.3 Å². The number of hydrogen-bond donors (Lipinski definition) is 1. The van der Waals surface area contributed by atoms with Gasteiger partial charge in [-0.3, -0.25) is 4.90 Å². The zero-order chi connectivity index (χ0) is 19.6. The Balaban J connectivity index is 1.39. The van der Waals surface area contributed by atoms with Crippen molar-refractivity contribution in [2.45, 2.75) is 38.1 Å². The maximum absolute atomic E-state index is 13.9. The molecule has 2 aliphatic rings. The molecule has 29 heavy (non-hydrogen) atoms. The molecule has 0 spiro atoms. The van der Waals surface area contributed by atoms with E-state index in [4.69, 9.17) is 0 Å². The van der Waals surface area contributed by atoms with Crippen LogP contribution in [0.3, 0.4) is 0 Å². The first-order valence-electron chi connectivity index (χ1n) is 11.1. The summed E-state index contributed by atoms with van der Waals surface area (Å²) < 4.78 is 13.9. The molecule has 2 fully saturated rings. The fourth-order valence-electron chi connectivity index (χ4n) is 5.27. The van der Waals surface area contributed by atoms with Crippen molar-refractivity contribution in [2.75, 3.05) is 32.7 Å². The number of nitrogens with zero attached hydrogens (tertiary/aromatic N) is 2. The number of aromatic nitrogens is 1. The number of para-hydroxylation sites is 1. The number of halogens is 1. The number of fused-ring (bicyclic) bond motifs is 1. The fourth-order valence-corrected chi connectivity index (χ4v) is 5.27. The van der Waals surface area contributed by atoms with E-state index in [9.17, 15) is 4.39 Å². The quantitative estimate of drug-likeness (QED) is 0.633. The van der Waals surface area contributed by atoms with Crippen LogP contribution in [0.15, 0.2) is 48.5 Å². The lowest BCUT2D eigenvalue weighted by molar-refractivity contribution is 0.193. The van der Waals surface area contributed by atoms with E-state index in [1.165, 1.54) is 68.9 Å². The summed E-state index contributed by atoms with van der Waals surface area (Å²) in [6.45, 7) is 6.05. The first-order valence-corrected chi connectivity index (χ1v) is 11.1. The molecule has 0 saturated carbocycles. The van der Waals surface area contributed by atoms with Crippen LogP contribution in [0.5, 0.6) is 0 Å². The molecule has 2 saturated heterocycles.